The number of furan rings is 1. The summed E-state index contributed by atoms with van der Waals surface area (Å²) in [6.45, 7) is 0.107. The molecule has 1 aromatic heterocycles. The summed E-state index contributed by atoms with van der Waals surface area (Å²) in [5.74, 6) is 1.35. The van der Waals surface area contributed by atoms with Crippen LogP contribution >= 0.6 is 11.8 Å². The molecule has 0 saturated carbocycles. The number of hydrogen-bond donors (Lipinski definition) is 2. The molecule has 0 fully saturated rings. The van der Waals surface area contributed by atoms with Gasteiger partial charge in [-0.3, -0.25) is 0 Å². The number of thioether (sulfide) groups is 1. The van der Waals surface area contributed by atoms with E-state index >= 15 is 0 Å². The van der Waals surface area contributed by atoms with Gasteiger partial charge < -0.3 is 9.52 Å². The number of unbranched alkanes of at least 4 members (excludes halogenated alkanes) is 2. The van der Waals surface area contributed by atoms with E-state index < -0.39 is 10.0 Å². The summed E-state index contributed by atoms with van der Waals surface area (Å²) >= 11 is 1.79. The molecule has 2 N–H and O–H groups in total. The molecule has 0 atom stereocenters. The van der Waals surface area contributed by atoms with Gasteiger partial charge in [0, 0.05) is 6.54 Å². The zero-order valence-electron chi connectivity index (χ0n) is 10.4. The summed E-state index contributed by atoms with van der Waals surface area (Å²) in [5, 5.41) is 8.66. The number of nitrogens with one attached hydrogen (secondary N) is 1. The highest BCUT2D eigenvalue weighted by Gasteiger charge is 2.17. The molecule has 1 rings (SSSR count). The monoisotopic (exact) mass is 293 g/mol. The molecule has 0 bridgehead atoms. The normalized spacial score (nSPS) is 11.9. The van der Waals surface area contributed by atoms with Crippen LogP contribution in [0.3, 0.4) is 0 Å². The second kappa shape index (κ2) is 7.83. The Morgan fingerprint density at radius 2 is 2.11 bits per heavy atom. The molecule has 0 radical (unpaired) electrons. The first-order valence-corrected chi connectivity index (χ1v) is 8.66. The first-order chi connectivity index (χ1) is 8.60. The lowest BCUT2D eigenvalue weighted by molar-refractivity contribution is 0.236. The molecular weight excluding hydrogens is 274 g/mol. The number of hydrogen-bond acceptors (Lipinski definition) is 5. The standard InChI is InChI=1S/C11H19NO4S2/c1-17-8-4-2-3-7-12-18(14,15)11-6-5-10(9-13)16-11/h5-6,12-13H,2-4,7-9H2,1H3. The lowest BCUT2D eigenvalue weighted by atomic mass is 10.2. The van der Waals surface area contributed by atoms with Crippen molar-refractivity contribution in [3.8, 4) is 0 Å². The van der Waals surface area contributed by atoms with Crippen LogP contribution < -0.4 is 4.72 Å². The van der Waals surface area contributed by atoms with E-state index in [1.54, 1.807) is 11.8 Å². The Bertz CT molecular complexity index is 442. The molecule has 0 aromatic carbocycles. The molecule has 1 aromatic rings. The van der Waals surface area contributed by atoms with Crippen LogP contribution in [0.4, 0.5) is 0 Å². The van der Waals surface area contributed by atoms with Crippen molar-refractivity contribution in [2.75, 3.05) is 18.6 Å². The highest BCUT2D eigenvalue weighted by Crippen LogP contribution is 2.13. The maximum Gasteiger partial charge on any atom is 0.273 e. The molecule has 0 aliphatic rings. The molecule has 0 amide bonds. The SMILES string of the molecule is CSCCCCCNS(=O)(=O)c1ccc(CO)o1. The van der Waals surface area contributed by atoms with Gasteiger partial charge in [0.2, 0.25) is 5.09 Å². The molecule has 104 valence electrons. The molecule has 1 heterocycles. The van der Waals surface area contributed by atoms with Crippen LogP contribution in [0, 0.1) is 0 Å². The minimum absolute atomic E-state index is 0.143. The predicted octanol–water partition coefficient (Wildman–Crippen LogP) is 1.58. The van der Waals surface area contributed by atoms with Gasteiger partial charge in [-0.2, -0.15) is 11.8 Å². The van der Waals surface area contributed by atoms with E-state index in [2.05, 4.69) is 11.0 Å². The maximum absolute atomic E-state index is 11.8. The molecular formula is C11H19NO4S2. The minimum Gasteiger partial charge on any atom is -0.446 e. The average molecular weight is 293 g/mol. The summed E-state index contributed by atoms with van der Waals surface area (Å²) in [5.41, 5.74) is 0. The van der Waals surface area contributed by atoms with Crippen molar-refractivity contribution < 1.29 is 17.9 Å². The third kappa shape index (κ3) is 5.01. The fraction of sp³-hybridized carbons (Fsp3) is 0.636. The average Bonchev–Trinajstić information content (AvgIpc) is 2.83. The number of aliphatic hydroxyl groups is 1. The van der Waals surface area contributed by atoms with E-state index in [-0.39, 0.29) is 17.5 Å². The Morgan fingerprint density at radius 3 is 2.72 bits per heavy atom. The van der Waals surface area contributed by atoms with E-state index in [1.165, 1.54) is 12.1 Å². The zero-order chi connectivity index (χ0) is 13.4. The lowest BCUT2D eigenvalue weighted by Gasteiger charge is -2.03. The molecule has 0 saturated heterocycles. The highest BCUT2D eigenvalue weighted by atomic mass is 32.2. The Balaban J connectivity index is 2.36. The van der Waals surface area contributed by atoms with Crippen molar-refractivity contribution in [2.45, 2.75) is 31.0 Å². The largest absolute Gasteiger partial charge is 0.446 e. The van der Waals surface area contributed by atoms with Crippen LogP contribution in [0.2, 0.25) is 0 Å². The first kappa shape index (κ1) is 15.6. The molecule has 0 unspecified atom stereocenters. The van der Waals surface area contributed by atoms with Gasteiger partial charge >= 0.3 is 0 Å². The van der Waals surface area contributed by atoms with Crippen molar-refractivity contribution in [1.82, 2.24) is 4.72 Å². The fourth-order valence-corrected chi connectivity index (χ4v) is 2.93. The molecule has 0 aliphatic heterocycles. The van der Waals surface area contributed by atoms with Crippen molar-refractivity contribution in [1.29, 1.82) is 0 Å². The second-order valence-corrected chi connectivity index (χ2v) is 6.51. The minimum atomic E-state index is -3.58. The van der Waals surface area contributed by atoms with Crippen LogP contribution in [0.15, 0.2) is 21.6 Å². The first-order valence-electron chi connectivity index (χ1n) is 5.78. The highest BCUT2D eigenvalue weighted by molar-refractivity contribution is 7.98. The molecule has 0 aliphatic carbocycles. The zero-order valence-corrected chi connectivity index (χ0v) is 12.0. The topological polar surface area (TPSA) is 79.5 Å². The predicted molar refractivity (Wildman–Crippen MR) is 72.1 cm³/mol. The van der Waals surface area contributed by atoms with Crippen molar-refractivity contribution >= 4 is 21.8 Å². The van der Waals surface area contributed by atoms with E-state index in [0.717, 1.165) is 25.0 Å². The molecule has 18 heavy (non-hydrogen) atoms. The van der Waals surface area contributed by atoms with Gasteiger partial charge in [0.1, 0.15) is 12.4 Å². The van der Waals surface area contributed by atoms with Crippen LogP contribution in [0.1, 0.15) is 25.0 Å². The fourth-order valence-electron chi connectivity index (χ4n) is 1.41. The third-order valence-electron chi connectivity index (χ3n) is 2.38. The molecule has 0 spiro atoms. The van der Waals surface area contributed by atoms with Crippen LogP contribution in [0.5, 0.6) is 0 Å². The molecule has 7 heteroatoms. The van der Waals surface area contributed by atoms with Gasteiger partial charge in [0.15, 0.2) is 0 Å². The van der Waals surface area contributed by atoms with Gasteiger partial charge in [-0.1, -0.05) is 6.42 Å². The van der Waals surface area contributed by atoms with Gasteiger partial charge in [0.05, 0.1) is 0 Å². The van der Waals surface area contributed by atoms with E-state index in [0.29, 0.717) is 6.54 Å². The Morgan fingerprint density at radius 1 is 1.33 bits per heavy atom. The van der Waals surface area contributed by atoms with Crippen molar-refractivity contribution in [3.05, 3.63) is 17.9 Å². The summed E-state index contributed by atoms with van der Waals surface area (Å²) in [6.07, 6.45) is 4.97. The van der Waals surface area contributed by atoms with Crippen molar-refractivity contribution in [3.63, 3.8) is 0 Å². The van der Waals surface area contributed by atoms with Crippen LogP contribution in [0.25, 0.3) is 0 Å². The van der Waals surface area contributed by atoms with Crippen LogP contribution in [-0.4, -0.2) is 32.1 Å². The van der Waals surface area contributed by atoms with Gasteiger partial charge in [-0.15, -0.1) is 0 Å². The second-order valence-electron chi connectivity index (χ2n) is 3.83. The summed E-state index contributed by atoms with van der Waals surface area (Å²) in [7, 11) is -3.58. The van der Waals surface area contributed by atoms with Gasteiger partial charge in [-0.05, 0) is 37.0 Å². The Labute approximate surface area is 112 Å². The van der Waals surface area contributed by atoms with Gasteiger partial charge in [-0.25, -0.2) is 13.1 Å². The molecule has 5 nitrogen and oxygen atoms in total. The smallest absolute Gasteiger partial charge is 0.273 e. The quantitative estimate of drug-likeness (QED) is 0.676. The van der Waals surface area contributed by atoms with Crippen molar-refractivity contribution in [2.24, 2.45) is 0 Å². The van der Waals surface area contributed by atoms with E-state index in [9.17, 15) is 8.42 Å². The maximum atomic E-state index is 11.8. The third-order valence-corrected chi connectivity index (χ3v) is 4.41. The number of rotatable bonds is 9. The van der Waals surface area contributed by atoms with Crippen LogP contribution in [-0.2, 0) is 16.6 Å². The number of sulfonamides is 1. The van der Waals surface area contributed by atoms with E-state index in [4.69, 9.17) is 9.52 Å². The number of aliphatic hydroxyl groups excluding tert-OH is 1. The lowest BCUT2D eigenvalue weighted by Crippen LogP contribution is -2.24. The van der Waals surface area contributed by atoms with Gasteiger partial charge in [0.25, 0.3) is 10.0 Å². The summed E-state index contributed by atoms with van der Waals surface area (Å²) in [4.78, 5) is 0. The summed E-state index contributed by atoms with van der Waals surface area (Å²) in [6, 6.07) is 2.80. The Kier molecular flexibility index (Phi) is 6.77. The summed E-state index contributed by atoms with van der Waals surface area (Å²) < 4.78 is 31.0. The Hall–Kier alpha value is -0.500. The van der Waals surface area contributed by atoms with E-state index in [1.807, 2.05) is 0 Å².